The van der Waals surface area contributed by atoms with Gasteiger partial charge in [0.05, 0.1) is 13.2 Å². The number of ether oxygens (including phenoxy) is 1. The molecule has 2 aromatic rings. The Balaban J connectivity index is 1.81. The summed E-state index contributed by atoms with van der Waals surface area (Å²) in [5.74, 6) is 1.53. The van der Waals surface area contributed by atoms with Crippen molar-refractivity contribution in [3.8, 4) is 0 Å². The summed E-state index contributed by atoms with van der Waals surface area (Å²) in [6, 6.07) is 10.2. The third-order valence-corrected chi connectivity index (χ3v) is 5.01. The number of aliphatic hydroxyl groups excluding tert-OH is 1. The normalized spacial score (nSPS) is 18.4. The van der Waals surface area contributed by atoms with Crippen molar-refractivity contribution in [3.05, 3.63) is 47.6 Å². The van der Waals surface area contributed by atoms with Crippen molar-refractivity contribution in [2.75, 3.05) is 19.8 Å². The second-order valence-electron chi connectivity index (χ2n) is 7.06. The van der Waals surface area contributed by atoms with Gasteiger partial charge in [-0.1, -0.05) is 49.3 Å². The lowest BCUT2D eigenvalue weighted by molar-refractivity contribution is -0.0391. The van der Waals surface area contributed by atoms with Crippen LogP contribution in [0.25, 0.3) is 0 Å². The zero-order valence-electron chi connectivity index (χ0n) is 14.9. The smallest absolute Gasteiger partial charge is 0.240 e. The maximum absolute atomic E-state index is 10.2. The van der Waals surface area contributed by atoms with Gasteiger partial charge >= 0.3 is 0 Å². The molecule has 0 aliphatic carbocycles. The molecule has 1 aliphatic heterocycles. The minimum atomic E-state index is -0.250. The Labute approximate surface area is 148 Å². The topological polar surface area (TPSA) is 80.4 Å². The van der Waals surface area contributed by atoms with E-state index in [-0.39, 0.29) is 24.0 Å². The third-order valence-electron chi connectivity index (χ3n) is 5.01. The molecule has 1 aliphatic rings. The standard InChI is InChI=1S/C19H27N3O3/c1-14(2)18-21-16(25-22-18)12-20-17(15-6-4-3-5-7-15)19(13-23)8-10-24-11-9-19/h3-7,14,17,20,23H,8-13H2,1-2H3/t17-/m1/s1. The van der Waals surface area contributed by atoms with Crippen molar-refractivity contribution in [1.82, 2.24) is 15.5 Å². The number of nitrogens with zero attached hydrogens (tertiary/aromatic N) is 2. The van der Waals surface area contributed by atoms with Gasteiger partial charge in [-0.05, 0) is 18.4 Å². The Morgan fingerprint density at radius 3 is 2.52 bits per heavy atom. The number of nitrogens with one attached hydrogen (secondary N) is 1. The molecular formula is C19H27N3O3. The molecule has 25 heavy (non-hydrogen) atoms. The van der Waals surface area contributed by atoms with E-state index in [0.717, 1.165) is 24.2 Å². The van der Waals surface area contributed by atoms with Gasteiger partial charge in [0.25, 0.3) is 0 Å². The Morgan fingerprint density at radius 1 is 1.20 bits per heavy atom. The second-order valence-corrected chi connectivity index (χ2v) is 7.06. The van der Waals surface area contributed by atoms with Gasteiger partial charge in [-0.15, -0.1) is 0 Å². The molecule has 2 N–H and O–H groups in total. The van der Waals surface area contributed by atoms with Crippen LogP contribution in [-0.4, -0.2) is 35.1 Å². The van der Waals surface area contributed by atoms with E-state index in [1.807, 2.05) is 32.0 Å². The second kappa shape index (κ2) is 8.08. The van der Waals surface area contributed by atoms with E-state index in [4.69, 9.17) is 9.26 Å². The van der Waals surface area contributed by atoms with Crippen LogP contribution in [0, 0.1) is 5.41 Å². The monoisotopic (exact) mass is 345 g/mol. The minimum absolute atomic E-state index is 0.00278. The van der Waals surface area contributed by atoms with Crippen molar-refractivity contribution in [3.63, 3.8) is 0 Å². The predicted molar refractivity (Wildman–Crippen MR) is 94.0 cm³/mol. The Morgan fingerprint density at radius 2 is 1.92 bits per heavy atom. The lowest BCUT2D eigenvalue weighted by atomic mass is 9.72. The fourth-order valence-corrected chi connectivity index (χ4v) is 3.41. The van der Waals surface area contributed by atoms with Crippen molar-refractivity contribution < 1.29 is 14.4 Å². The van der Waals surface area contributed by atoms with Crippen molar-refractivity contribution in [1.29, 1.82) is 0 Å². The highest BCUT2D eigenvalue weighted by Gasteiger charge is 2.40. The largest absolute Gasteiger partial charge is 0.396 e. The number of hydrogen-bond acceptors (Lipinski definition) is 6. The highest BCUT2D eigenvalue weighted by molar-refractivity contribution is 5.22. The molecule has 1 saturated heterocycles. The van der Waals surface area contributed by atoms with Gasteiger partial charge in [0, 0.05) is 30.6 Å². The van der Waals surface area contributed by atoms with Gasteiger partial charge in [0.15, 0.2) is 5.82 Å². The summed E-state index contributed by atoms with van der Waals surface area (Å²) >= 11 is 0. The van der Waals surface area contributed by atoms with E-state index in [9.17, 15) is 5.11 Å². The van der Waals surface area contributed by atoms with E-state index >= 15 is 0 Å². The minimum Gasteiger partial charge on any atom is -0.396 e. The number of aliphatic hydroxyl groups is 1. The molecule has 2 heterocycles. The van der Waals surface area contributed by atoms with Crippen LogP contribution in [0.2, 0.25) is 0 Å². The Bertz CT molecular complexity index is 651. The summed E-state index contributed by atoms with van der Waals surface area (Å²) in [4.78, 5) is 4.44. The molecule has 0 spiro atoms. The highest BCUT2D eigenvalue weighted by atomic mass is 16.5. The molecule has 1 aromatic carbocycles. The van der Waals surface area contributed by atoms with Gasteiger partial charge in [-0.25, -0.2) is 0 Å². The first-order valence-electron chi connectivity index (χ1n) is 8.94. The summed E-state index contributed by atoms with van der Waals surface area (Å²) in [7, 11) is 0. The quantitative estimate of drug-likeness (QED) is 0.803. The molecule has 136 valence electrons. The van der Waals surface area contributed by atoms with Gasteiger partial charge in [-0.3, -0.25) is 0 Å². The molecule has 0 bridgehead atoms. The summed E-state index contributed by atoms with van der Waals surface area (Å²) in [5.41, 5.74) is 0.905. The van der Waals surface area contributed by atoms with E-state index in [2.05, 4.69) is 27.6 Å². The fraction of sp³-hybridized carbons (Fsp3) is 0.579. The number of rotatable bonds is 7. The van der Waals surface area contributed by atoms with Crippen molar-refractivity contribution in [2.24, 2.45) is 5.41 Å². The number of aromatic nitrogens is 2. The Kier molecular flexibility index (Phi) is 5.83. The van der Waals surface area contributed by atoms with E-state index in [0.29, 0.717) is 25.6 Å². The average Bonchev–Trinajstić information content (AvgIpc) is 3.13. The van der Waals surface area contributed by atoms with Gasteiger partial charge in [0.1, 0.15) is 0 Å². The summed E-state index contributed by atoms with van der Waals surface area (Å²) < 4.78 is 10.9. The summed E-state index contributed by atoms with van der Waals surface area (Å²) in [5, 5.41) is 17.8. The molecule has 0 amide bonds. The van der Waals surface area contributed by atoms with Gasteiger partial charge < -0.3 is 19.7 Å². The molecule has 6 nitrogen and oxygen atoms in total. The van der Waals surface area contributed by atoms with E-state index in [1.54, 1.807) is 0 Å². The number of hydrogen-bond donors (Lipinski definition) is 2. The molecule has 0 radical (unpaired) electrons. The molecular weight excluding hydrogens is 318 g/mol. The highest BCUT2D eigenvalue weighted by Crippen LogP contribution is 2.42. The first-order chi connectivity index (χ1) is 12.1. The van der Waals surface area contributed by atoms with Crippen LogP contribution in [0.1, 0.15) is 55.9 Å². The summed E-state index contributed by atoms with van der Waals surface area (Å²) in [6.07, 6.45) is 1.63. The average molecular weight is 345 g/mol. The van der Waals surface area contributed by atoms with Crippen LogP contribution in [0.5, 0.6) is 0 Å². The van der Waals surface area contributed by atoms with Crippen LogP contribution < -0.4 is 5.32 Å². The van der Waals surface area contributed by atoms with Gasteiger partial charge in [-0.2, -0.15) is 4.98 Å². The Hall–Kier alpha value is -1.76. The van der Waals surface area contributed by atoms with Crippen molar-refractivity contribution >= 4 is 0 Å². The molecule has 1 aromatic heterocycles. The maximum Gasteiger partial charge on any atom is 0.240 e. The van der Waals surface area contributed by atoms with Crippen LogP contribution in [-0.2, 0) is 11.3 Å². The SMILES string of the molecule is CC(C)c1noc(CN[C@H](c2ccccc2)C2(CO)CCOCC2)n1. The molecule has 0 unspecified atom stereocenters. The van der Waals surface area contributed by atoms with Crippen LogP contribution >= 0.6 is 0 Å². The molecule has 1 atom stereocenters. The maximum atomic E-state index is 10.2. The first-order valence-corrected chi connectivity index (χ1v) is 8.94. The molecule has 3 rings (SSSR count). The molecule has 6 heteroatoms. The van der Waals surface area contributed by atoms with Crippen molar-refractivity contribution in [2.45, 2.75) is 45.2 Å². The fourth-order valence-electron chi connectivity index (χ4n) is 3.41. The zero-order chi connectivity index (χ0) is 17.7. The van der Waals surface area contributed by atoms with Crippen LogP contribution in [0.15, 0.2) is 34.9 Å². The summed E-state index contributed by atoms with van der Waals surface area (Å²) in [6.45, 7) is 6.01. The third kappa shape index (κ3) is 4.08. The van der Waals surface area contributed by atoms with E-state index < -0.39 is 0 Å². The van der Waals surface area contributed by atoms with E-state index in [1.165, 1.54) is 0 Å². The lowest BCUT2D eigenvalue weighted by Gasteiger charge is -2.42. The molecule has 1 fully saturated rings. The van der Waals surface area contributed by atoms with Crippen LogP contribution in [0.3, 0.4) is 0 Å². The first kappa shape index (κ1) is 18.0. The lowest BCUT2D eigenvalue weighted by Crippen LogP contribution is -2.44. The van der Waals surface area contributed by atoms with Crippen LogP contribution in [0.4, 0.5) is 0 Å². The van der Waals surface area contributed by atoms with Gasteiger partial charge in [0.2, 0.25) is 5.89 Å². The predicted octanol–water partition coefficient (Wildman–Crippen LogP) is 2.81. The zero-order valence-corrected chi connectivity index (χ0v) is 14.9. The number of benzene rings is 1. The molecule has 0 saturated carbocycles.